The SMILES string of the molecule is CCCCC1C=C(C(C)(C)C)C=[C]1[Zr+2](=[C](c1cccc(C(F)(F)F)c1)c1cccc(C(F)(F)F)c1)[CH]1c2cc(C)c(C(C)(C)C)cc2-c2cc(C(C)(C)C)c(C)cc21.[Cl-].[Cl-]. The number of allylic oxidation sites excluding steroid dienone is 4. The predicted octanol–water partition coefficient (Wildman–Crippen LogP) is 9.58. The number of hydrogen-bond donors (Lipinski definition) is 0. The zero-order valence-corrected chi connectivity index (χ0v) is 40.9. The van der Waals surface area contributed by atoms with E-state index >= 15 is 0 Å². The zero-order chi connectivity index (χ0) is 42.9. The van der Waals surface area contributed by atoms with E-state index in [1.54, 1.807) is 12.1 Å². The molecule has 1 unspecified atom stereocenters. The van der Waals surface area contributed by atoms with Gasteiger partial charge in [-0.1, -0.05) is 0 Å². The molecule has 2 aliphatic rings. The molecule has 4 aromatic rings. The van der Waals surface area contributed by atoms with Crippen LogP contribution < -0.4 is 24.8 Å². The van der Waals surface area contributed by atoms with Crippen LogP contribution in [-0.4, -0.2) is 3.21 Å². The van der Waals surface area contributed by atoms with Crippen molar-refractivity contribution in [1.29, 1.82) is 0 Å². The standard InChI is InChI=1S/C23H29.C15H8F6.C13H21.2ClH.Zr/c1-14-9-16-11-17-10-15(2)21(23(6,7)8)13-19(17)18(16)12-20(14)22(3,4)5;16-14(17,18)12-5-1-3-10(8-12)7-11-4-2-6-13(9-11)15(19,20)21;1-5-6-7-11-8-9-12(10-11)13(2,3)4;;;/h9-13H,1-8H3;1-6,8-9H;9-11H,5-7H2,1-4H3;2*1H;/q;;;;;+2/p-2. The normalized spacial score (nSPS) is 15.6. The summed E-state index contributed by atoms with van der Waals surface area (Å²) in [6.07, 6.45) is -1.81. The van der Waals surface area contributed by atoms with Gasteiger partial charge >= 0.3 is 352 Å². The molecule has 0 fully saturated rings. The topological polar surface area (TPSA) is 0 Å². The third kappa shape index (κ3) is 10.1. The Morgan fingerprint density at radius 1 is 0.600 bits per heavy atom. The molecule has 0 amide bonds. The second kappa shape index (κ2) is 17.8. The molecule has 4 aromatic carbocycles. The van der Waals surface area contributed by atoms with E-state index in [1.807, 2.05) is 0 Å². The minimum Gasteiger partial charge on any atom is -1.00 e. The van der Waals surface area contributed by atoms with Crippen molar-refractivity contribution in [2.45, 2.75) is 129 Å². The zero-order valence-electron chi connectivity index (χ0n) is 36.9. The maximum Gasteiger partial charge on any atom is -1.00 e. The number of fused-ring (bicyclic) bond motifs is 3. The van der Waals surface area contributed by atoms with Crippen molar-refractivity contribution in [3.63, 3.8) is 0 Å². The maximum absolute atomic E-state index is 14.6. The molecule has 0 bridgehead atoms. The first-order valence-electron chi connectivity index (χ1n) is 20.6. The summed E-state index contributed by atoms with van der Waals surface area (Å²) in [4.78, 5) is 0. The number of aryl methyl sites for hydroxylation is 2. The summed E-state index contributed by atoms with van der Waals surface area (Å²) in [6.45, 7) is 26.2. The van der Waals surface area contributed by atoms with Gasteiger partial charge in [0.15, 0.2) is 0 Å². The average molecular weight is 947 g/mol. The van der Waals surface area contributed by atoms with Crippen molar-refractivity contribution in [3.05, 3.63) is 149 Å². The fourth-order valence-electron chi connectivity index (χ4n) is 9.17. The van der Waals surface area contributed by atoms with Gasteiger partial charge in [-0.25, -0.2) is 0 Å². The maximum atomic E-state index is 14.6. The van der Waals surface area contributed by atoms with Crippen molar-refractivity contribution in [3.8, 4) is 11.1 Å². The minimum absolute atomic E-state index is 0. The Balaban J connectivity index is 0.00000397. The van der Waals surface area contributed by atoms with Crippen LogP contribution in [-0.2, 0) is 44.4 Å². The second-order valence-corrected chi connectivity index (χ2v) is 25.7. The van der Waals surface area contributed by atoms with Gasteiger partial charge in [0.05, 0.1) is 0 Å². The van der Waals surface area contributed by atoms with Gasteiger partial charge in [-0.05, 0) is 0 Å². The van der Waals surface area contributed by atoms with E-state index in [9.17, 15) is 26.3 Å². The fraction of sp³-hybridized carbons (Fsp3) is 0.431. The first-order chi connectivity index (χ1) is 26.7. The van der Waals surface area contributed by atoms with Gasteiger partial charge < -0.3 is 24.8 Å². The third-order valence-electron chi connectivity index (χ3n) is 12.0. The molecule has 0 nitrogen and oxygen atoms in total. The van der Waals surface area contributed by atoms with Crippen molar-refractivity contribution < 1.29 is 72.4 Å². The number of rotatable bonds is 7. The Bertz CT molecular complexity index is 2210. The molecule has 0 aromatic heterocycles. The molecular formula is C51H58Cl2F6Zr. The van der Waals surface area contributed by atoms with Gasteiger partial charge in [-0.15, -0.1) is 0 Å². The molecule has 9 heteroatoms. The van der Waals surface area contributed by atoms with E-state index in [-0.39, 0.29) is 50.6 Å². The number of halogens is 8. The van der Waals surface area contributed by atoms with Gasteiger partial charge in [-0.2, -0.15) is 0 Å². The van der Waals surface area contributed by atoms with Gasteiger partial charge in [0, 0.05) is 0 Å². The number of hydrogen-bond acceptors (Lipinski definition) is 0. The molecule has 0 N–H and O–H groups in total. The van der Waals surface area contributed by atoms with Crippen LogP contribution in [0.4, 0.5) is 26.3 Å². The van der Waals surface area contributed by atoms with Gasteiger partial charge in [-0.3, -0.25) is 0 Å². The van der Waals surface area contributed by atoms with Gasteiger partial charge in [0.1, 0.15) is 0 Å². The van der Waals surface area contributed by atoms with Crippen LogP contribution in [0.25, 0.3) is 11.1 Å². The Labute approximate surface area is 374 Å². The van der Waals surface area contributed by atoms with Crippen molar-refractivity contribution in [2.24, 2.45) is 11.3 Å². The Morgan fingerprint density at radius 3 is 1.40 bits per heavy atom. The van der Waals surface area contributed by atoms with Crippen LogP contribution >= 0.6 is 0 Å². The molecule has 6 rings (SSSR count). The third-order valence-corrected chi connectivity index (χ3v) is 20.5. The number of unbranched alkanes of at least 4 members (excludes halogenated alkanes) is 1. The summed E-state index contributed by atoms with van der Waals surface area (Å²) < 4.78 is 89.5. The molecular weight excluding hydrogens is 889 g/mol. The molecule has 0 heterocycles. The molecule has 60 heavy (non-hydrogen) atoms. The van der Waals surface area contributed by atoms with E-state index < -0.39 is 44.7 Å². The second-order valence-electron chi connectivity index (χ2n) is 19.6. The molecule has 0 aliphatic heterocycles. The first-order valence-corrected chi connectivity index (χ1v) is 24.4. The van der Waals surface area contributed by atoms with Gasteiger partial charge in [0.25, 0.3) is 0 Å². The molecule has 0 spiro atoms. The van der Waals surface area contributed by atoms with Crippen LogP contribution in [0.3, 0.4) is 0 Å². The quantitative estimate of drug-likeness (QED) is 0.162. The van der Waals surface area contributed by atoms with Crippen LogP contribution in [0.1, 0.15) is 148 Å². The summed E-state index contributed by atoms with van der Waals surface area (Å²) in [6, 6.07) is 20.0. The van der Waals surface area contributed by atoms with Crippen molar-refractivity contribution >= 4 is 3.21 Å². The fourth-order valence-corrected chi connectivity index (χ4v) is 18.7. The Hall–Kier alpha value is -2.73. The van der Waals surface area contributed by atoms with E-state index in [0.29, 0.717) is 14.3 Å². The smallest absolute Gasteiger partial charge is 1.00 e. The summed E-state index contributed by atoms with van der Waals surface area (Å²) >= 11 is -3.86. The van der Waals surface area contributed by atoms with E-state index in [1.165, 1.54) is 44.2 Å². The minimum atomic E-state index is -4.64. The first kappa shape index (κ1) is 49.9. The molecule has 0 saturated heterocycles. The molecule has 1 atom stereocenters. The van der Waals surface area contributed by atoms with Crippen LogP contribution in [0.15, 0.2) is 93.8 Å². The van der Waals surface area contributed by atoms with Crippen LogP contribution in [0.2, 0.25) is 0 Å². The average Bonchev–Trinajstić information content (AvgIpc) is 3.66. The van der Waals surface area contributed by atoms with Crippen LogP contribution in [0.5, 0.6) is 0 Å². The van der Waals surface area contributed by atoms with E-state index in [0.717, 1.165) is 64.8 Å². The monoisotopic (exact) mass is 944 g/mol. The largest absolute Gasteiger partial charge is 1.00 e. The van der Waals surface area contributed by atoms with Crippen molar-refractivity contribution in [2.75, 3.05) is 0 Å². The molecule has 322 valence electrons. The van der Waals surface area contributed by atoms with E-state index in [2.05, 4.69) is 120 Å². The number of benzene rings is 4. The van der Waals surface area contributed by atoms with Crippen molar-refractivity contribution in [1.82, 2.24) is 0 Å². The van der Waals surface area contributed by atoms with E-state index in [4.69, 9.17) is 0 Å². The summed E-state index contributed by atoms with van der Waals surface area (Å²) in [7, 11) is 0. The molecule has 2 aliphatic carbocycles. The number of alkyl halides is 6. The summed E-state index contributed by atoms with van der Waals surface area (Å²) in [5, 5.41) is 0. The summed E-state index contributed by atoms with van der Waals surface area (Å²) in [5.41, 5.74) is 8.96. The Kier molecular flexibility index (Phi) is 14.8. The Morgan fingerprint density at radius 2 is 1.03 bits per heavy atom. The summed E-state index contributed by atoms with van der Waals surface area (Å²) in [5.74, 6) is 0.0209. The van der Waals surface area contributed by atoms with Crippen LogP contribution in [0, 0.1) is 25.2 Å². The molecule has 0 radical (unpaired) electrons. The predicted molar refractivity (Wildman–Crippen MR) is 225 cm³/mol. The molecule has 0 saturated carbocycles. The van der Waals surface area contributed by atoms with Gasteiger partial charge in [0.2, 0.25) is 0 Å².